The van der Waals surface area contributed by atoms with Crippen LogP contribution in [0, 0.1) is 24.7 Å². The van der Waals surface area contributed by atoms with Gasteiger partial charge in [0.25, 0.3) is 0 Å². The molecular formula is C30H43N5S. The largest absolute Gasteiger partial charge is 0.352 e. The number of amidine groups is 1. The van der Waals surface area contributed by atoms with Gasteiger partial charge in [-0.25, -0.2) is 0 Å². The van der Waals surface area contributed by atoms with Crippen LogP contribution in [0.15, 0.2) is 58.4 Å². The number of para-hydroxylation sites is 1. The van der Waals surface area contributed by atoms with Crippen LogP contribution in [0.25, 0.3) is 0 Å². The second kappa shape index (κ2) is 13.0. The van der Waals surface area contributed by atoms with E-state index in [-0.39, 0.29) is 6.29 Å². The molecule has 0 unspecified atom stereocenters. The minimum absolute atomic E-state index is 0.0373. The van der Waals surface area contributed by atoms with Crippen molar-refractivity contribution in [1.82, 2.24) is 15.4 Å². The second-order valence-corrected chi connectivity index (χ2v) is 12.0. The van der Waals surface area contributed by atoms with Crippen molar-refractivity contribution < 1.29 is 0 Å². The molecule has 0 amide bonds. The molecule has 2 aromatic carbocycles. The molecule has 1 atom stereocenters. The highest BCUT2D eigenvalue weighted by Gasteiger charge is 2.25. The van der Waals surface area contributed by atoms with E-state index in [1.165, 1.54) is 79.5 Å². The van der Waals surface area contributed by atoms with Crippen molar-refractivity contribution in [3.63, 3.8) is 0 Å². The number of aryl methyl sites for hydroxylation is 1. The van der Waals surface area contributed by atoms with Crippen molar-refractivity contribution in [2.45, 2.75) is 75.9 Å². The standard InChI is InChI=1S/C30H43N5S/c1-22-11-17-26(18-12-22)36-33-21-25-15-13-24(14-16-25)20-32-30-34-28-10-6-5-9-27(28)29(35-30)31-19-23-7-3-2-4-8-23/h5-6,9-12,17-18,23-25,30,32-34H,2-4,7-8,13-16,19-21H2,1H3,(H,31,35)/t24?,25?,30-/m0/s1. The predicted octanol–water partition coefficient (Wildman–Crippen LogP) is 6.31. The molecule has 0 aromatic heterocycles. The van der Waals surface area contributed by atoms with Gasteiger partial charge in [-0.1, -0.05) is 49.1 Å². The summed E-state index contributed by atoms with van der Waals surface area (Å²) in [5, 5.41) is 11.1. The highest BCUT2D eigenvalue weighted by atomic mass is 32.2. The maximum absolute atomic E-state index is 5.07. The molecule has 4 N–H and O–H groups in total. The number of rotatable bonds is 9. The van der Waals surface area contributed by atoms with Gasteiger partial charge in [-0.15, -0.1) is 0 Å². The van der Waals surface area contributed by atoms with Crippen LogP contribution in [-0.2, 0) is 0 Å². The highest BCUT2D eigenvalue weighted by molar-refractivity contribution is 7.97. The van der Waals surface area contributed by atoms with E-state index in [2.05, 4.69) is 76.1 Å². The number of nitrogens with one attached hydrogen (secondary N) is 4. The first kappa shape index (κ1) is 25.6. The zero-order valence-corrected chi connectivity index (χ0v) is 22.6. The summed E-state index contributed by atoms with van der Waals surface area (Å²) in [6.07, 6.45) is 12.1. The number of hydrogen-bond acceptors (Lipinski definition) is 5. The first-order valence-electron chi connectivity index (χ1n) is 14.1. The number of nitrogens with zero attached hydrogens (tertiary/aromatic N) is 1. The van der Waals surface area contributed by atoms with Crippen molar-refractivity contribution in [2.24, 2.45) is 22.7 Å². The Morgan fingerprint density at radius 1 is 0.806 bits per heavy atom. The minimum atomic E-state index is 0.0373. The summed E-state index contributed by atoms with van der Waals surface area (Å²) in [6.45, 7) is 5.23. The fraction of sp³-hybridized carbons (Fsp3) is 0.567. The molecule has 5 nitrogen and oxygen atoms in total. The quantitative estimate of drug-likeness (QED) is 0.301. The van der Waals surface area contributed by atoms with Crippen LogP contribution < -0.4 is 20.7 Å². The average molecular weight is 506 g/mol. The van der Waals surface area contributed by atoms with Gasteiger partial charge in [0.15, 0.2) is 6.29 Å². The third kappa shape index (κ3) is 7.27. The number of benzene rings is 2. The zero-order chi connectivity index (χ0) is 24.6. The van der Waals surface area contributed by atoms with Gasteiger partial charge in [-0.3, -0.25) is 15.0 Å². The molecule has 194 valence electrons. The lowest BCUT2D eigenvalue weighted by Crippen LogP contribution is -2.55. The number of aliphatic imine (C=N–C) groups is 1. The van der Waals surface area contributed by atoms with E-state index in [1.807, 2.05) is 0 Å². The Bertz CT molecular complexity index is 977. The van der Waals surface area contributed by atoms with Crippen LogP contribution in [0.3, 0.4) is 0 Å². The van der Waals surface area contributed by atoms with E-state index >= 15 is 0 Å². The summed E-state index contributed by atoms with van der Waals surface area (Å²) in [5.74, 6) is 3.33. The van der Waals surface area contributed by atoms with E-state index in [4.69, 9.17) is 4.99 Å². The minimum Gasteiger partial charge on any atom is -0.352 e. The third-order valence-corrected chi connectivity index (χ3v) is 8.97. The van der Waals surface area contributed by atoms with Gasteiger partial charge >= 0.3 is 0 Å². The lowest BCUT2D eigenvalue weighted by Gasteiger charge is -2.34. The fourth-order valence-corrected chi connectivity index (χ4v) is 6.58. The predicted molar refractivity (Wildman–Crippen MR) is 153 cm³/mol. The SMILES string of the molecule is Cc1ccc(SNCC2CCC(CN[C@@H]3NC(=NCC4CCCCC4)c4ccccc4N3)CC2)cc1. The molecule has 0 bridgehead atoms. The smallest absolute Gasteiger partial charge is 0.154 e. The normalized spacial score (nSPS) is 25.7. The van der Waals surface area contributed by atoms with Gasteiger partial charge in [0.05, 0.1) is 0 Å². The van der Waals surface area contributed by atoms with Crippen molar-refractivity contribution in [2.75, 3.05) is 25.0 Å². The fourth-order valence-electron chi connectivity index (χ4n) is 5.82. The molecule has 2 fully saturated rings. The summed E-state index contributed by atoms with van der Waals surface area (Å²) < 4.78 is 3.61. The van der Waals surface area contributed by atoms with E-state index in [1.54, 1.807) is 11.9 Å². The molecule has 2 aliphatic carbocycles. The molecule has 36 heavy (non-hydrogen) atoms. The lowest BCUT2D eigenvalue weighted by molar-refractivity contribution is 0.263. The van der Waals surface area contributed by atoms with Crippen LogP contribution in [0.5, 0.6) is 0 Å². The Labute approximate surface area is 221 Å². The third-order valence-electron chi connectivity index (χ3n) is 8.16. The molecule has 2 aromatic rings. The van der Waals surface area contributed by atoms with E-state index in [0.717, 1.165) is 43.2 Å². The molecule has 1 heterocycles. The molecule has 1 aliphatic heterocycles. The Morgan fingerprint density at radius 3 is 2.31 bits per heavy atom. The molecular weight excluding hydrogens is 462 g/mol. The molecule has 0 spiro atoms. The molecule has 2 saturated carbocycles. The molecule has 3 aliphatic rings. The van der Waals surface area contributed by atoms with Crippen LogP contribution >= 0.6 is 11.9 Å². The van der Waals surface area contributed by atoms with Crippen LogP contribution in [0.1, 0.15) is 68.9 Å². The van der Waals surface area contributed by atoms with Gasteiger partial charge in [-0.05, 0) is 99.4 Å². The number of anilines is 1. The maximum Gasteiger partial charge on any atom is 0.154 e. The van der Waals surface area contributed by atoms with Gasteiger partial charge in [-0.2, -0.15) is 0 Å². The van der Waals surface area contributed by atoms with Gasteiger partial charge in [0, 0.05) is 35.8 Å². The van der Waals surface area contributed by atoms with Crippen LogP contribution in [-0.4, -0.2) is 31.8 Å². The number of fused-ring (bicyclic) bond motifs is 1. The van der Waals surface area contributed by atoms with E-state index in [0.29, 0.717) is 0 Å². The lowest BCUT2D eigenvalue weighted by atomic mass is 9.82. The summed E-state index contributed by atoms with van der Waals surface area (Å²) >= 11 is 1.77. The van der Waals surface area contributed by atoms with Crippen molar-refractivity contribution >= 4 is 23.5 Å². The Morgan fingerprint density at radius 2 is 1.53 bits per heavy atom. The number of hydrogen-bond donors (Lipinski definition) is 4. The average Bonchev–Trinajstić information content (AvgIpc) is 2.93. The molecule has 6 heteroatoms. The highest BCUT2D eigenvalue weighted by Crippen LogP contribution is 2.29. The van der Waals surface area contributed by atoms with Gasteiger partial charge in [0.1, 0.15) is 5.84 Å². The molecule has 5 rings (SSSR count). The Balaban J connectivity index is 1.06. The maximum atomic E-state index is 5.07. The molecule has 0 saturated heterocycles. The van der Waals surface area contributed by atoms with Crippen molar-refractivity contribution in [3.8, 4) is 0 Å². The summed E-state index contributed by atoms with van der Waals surface area (Å²) in [4.78, 5) is 6.37. The van der Waals surface area contributed by atoms with Gasteiger partial charge < -0.3 is 10.6 Å². The van der Waals surface area contributed by atoms with Crippen LogP contribution in [0.4, 0.5) is 5.69 Å². The van der Waals surface area contributed by atoms with E-state index < -0.39 is 0 Å². The van der Waals surface area contributed by atoms with Crippen molar-refractivity contribution in [3.05, 3.63) is 59.7 Å². The Hall–Kier alpha value is -2.02. The van der Waals surface area contributed by atoms with Gasteiger partial charge in [0.2, 0.25) is 0 Å². The monoisotopic (exact) mass is 505 g/mol. The summed E-state index contributed by atoms with van der Waals surface area (Å²) in [6, 6.07) is 17.3. The first-order valence-corrected chi connectivity index (χ1v) is 14.9. The summed E-state index contributed by atoms with van der Waals surface area (Å²) in [7, 11) is 0. The summed E-state index contributed by atoms with van der Waals surface area (Å²) in [5.41, 5.74) is 3.69. The molecule has 0 radical (unpaired) electrons. The van der Waals surface area contributed by atoms with Crippen LogP contribution in [0.2, 0.25) is 0 Å². The zero-order valence-electron chi connectivity index (χ0n) is 21.8. The Kier molecular flexibility index (Phi) is 9.24. The van der Waals surface area contributed by atoms with Crippen molar-refractivity contribution in [1.29, 1.82) is 0 Å². The topological polar surface area (TPSA) is 60.5 Å². The van der Waals surface area contributed by atoms with E-state index in [9.17, 15) is 0 Å². The first-order chi connectivity index (χ1) is 17.7. The second-order valence-electron chi connectivity index (χ2n) is 11.0.